The number of halogens is 2. The number of rotatable bonds is 3. The van der Waals surface area contributed by atoms with E-state index in [1.54, 1.807) is 12.4 Å². The van der Waals surface area contributed by atoms with Gasteiger partial charge in [-0.2, -0.15) is 0 Å². The van der Waals surface area contributed by atoms with Crippen LogP contribution < -0.4 is 10.1 Å². The normalized spacial score (nSPS) is 21.4. The molecule has 2 rings (SSSR count). The minimum Gasteiger partial charge on any atom is -0.487 e. The number of carbonyl (C=O) groups excluding carboxylic acids is 1. The van der Waals surface area contributed by atoms with E-state index in [0.717, 1.165) is 5.75 Å². The number of nitrogens with one attached hydrogen (secondary N) is 1. The molecule has 1 N–H and O–H groups in total. The third-order valence-electron chi connectivity index (χ3n) is 2.51. The van der Waals surface area contributed by atoms with Crippen molar-refractivity contribution in [1.29, 1.82) is 0 Å². The van der Waals surface area contributed by atoms with Crippen molar-refractivity contribution in [2.75, 3.05) is 13.7 Å². The van der Waals surface area contributed by atoms with Gasteiger partial charge in [0.1, 0.15) is 17.9 Å². The Hall–Kier alpha value is -1.04. The molecule has 7 heteroatoms. The highest BCUT2D eigenvalue weighted by Gasteiger charge is 2.31. The Bertz CT molecular complexity index is 365. The number of esters is 1. The van der Waals surface area contributed by atoms with Crippen molar-refractivity contribution >= 4 is 30.8 Å². The second kappa shape index (κ2) is 8.13. The first kappa shape index (κ1) is 17.0. The van der Waals surface area contributed by atoms with Crippen LogP contribution in [0.3, 0.4) is 0 Å². The molecule has 0 saturated carbocycles. The summed E-state index contributed by atoms with van der Waals surface area (Å²) in [7, 11) is 1.39. The minimum absolute atomic E-state index is 0. The Kier molecular flexibility index (Phi) is 7.66. The molecule has 1 aliphatic rings. The van der Waals surface area contributed by atoms with Gasteiger partial charge in [0.2, 0.25) is 0 Å². The monoisotopic (exact) mass is 294 g/mol. The highest BCUT2D eigenvalue weighted by Crippen LogP contribution is 2.16. The van der Waals surface area contributed by atoms with Crippen molar-refractivity contribution in [2.24, 2.45) is 0 Å². The molecular weight excluding hydrogens is 279 g/mol. The molecule has 0 aliphatic carbocycles. The van der Waals surface area contributed by atoms with E-state index in [0.29, 0.717) is 13.0 Å². The van der Waals surface area contributed by atoms with Gasteiger partial charge in [0.05, 0.1) is 13.3 Å². The van der Waals surface area contributed by atoms with Crippen LogP contribution in [0.2, 0.25) is 0 Å². The summed E-state index contributed by atoms with van der Waals surface area (Å²) < 4.78 is 10.3. The molecule has 0 unspecified atom stereocenters. The van der Waals surface area contributed by atoms with Gasteiger partial charge in [0, 0.05) is 19.2 Å². The van der Waals surface area contributed by atoms with Crippen molar-refractivity contribution in [3.63, 3.8) is 0 Å². The first-order valence-corrected chi connectivity index (χ1v) is 5.17. The lowest BCUT2D eigenvalue weighted by Crippen LogP contribution is -2.31. The number of nitrogens with zero attached hydrogens (tertiary/aromatic N) is 1. The maximum Gasteiger partial charge on any atom is 0.323 e. The molecule has 18 heavy (non-hydrogen) atoms. The number of hydrogen-bond acceptors (Lipinski definition) is 5. The summed E-state index contributed by atoms with van der Waals surface area (Å²) in [5.74, 6) is 0.483. The molecule has 0 spiro atoms. The van der Waals surface area contributed by atoms with E-state index in [1.807, 2.05) is 12.1 Å². The largest absolute Gasteiger partial charge is 0.487 e. The molecule has 1 aromatic heterocycles. The van der Waals surface area contributed by atoms with E-state index in [4.69, 9.17) is 4.74 Å². The zero-order valence-corrected chi connectivity index (χ0v) is 11.5. The van der Waals surface area contributed by atoms with Gasteiger partial charge in [0.15, 0.2) is 0 Å². The first-order valence-electron chi connectivity index (χ1n) is 5.17. The van der Waals surface area contributed by atoms with Crippen LogP contribution >= 0.6 is 24.8 Å². The predicted octanol–water partition coefficient (Wildman–Crippen LogP) is 1.21. The van der Waals surface area contributed by atoms with Crippen LogP contribution in [0.25, 0.3) is 0 Å². The Morgan fingerprint density at radius 2 is 2.28 bits per heavy atom. The van der Waals surface area contributed by atoms with Gasteiger partial charge >= 0.3 is 5.97 Å². The van der Waals surface area contributed by atoms with Crippen LogP contribution in [-0.2, 0) is 9.53 Å². The average Bonchev–Trinajstić information content (AvgIpc) is 2.78. The highest BCUT2D eigenvalue weighted by molar-refractivity contribution is 5.85. The zero-order chi connectivity index (χ0) is 11.4. The SMILES string of the molecule is COC(=O)[C@@H]1C[C@H](Oc2cccnc2)CN1.Cl.Cl. The number of aromatic nitrogens is 1. The number of pyridine rings is 1. The molecule has 102 valence electrons. The van der Waals surface area contributed by atoms with E-state index >= 15 is 0 Å². The van der Waals surface area contributed by atoms with Gasteiger partial charge < -0.3 is 14.8 Å². The van der Waals surface area contributed by atoms with E-state index in [1.165, 1.54) is 7.11 Å². The van der Waals surface area contributed by atoms with E-state index in [-0.39, 0.29) is 42.9 Å². The maximum absolute atomic E-state index is 11.3. The summed E-state index contributed by atoms with van der Waals surface area (Å²) in [4.78, 5) is 15.2. The van der Waals surface area contributed by atoms with Gasteiger partial charge in [-0.15, -0.1) is 24.8 Å². The van der Waals surface area contributed by atoms with E-state index < -0.39 is 0 Å². The summed E-state index contributed by atoms with van der Waals surface area (Å²) in [6, 6.07) is 3.40. The highest BCUT2D eigenvalue weighted by atomic mass is 35.5. The maximum atomic E-state index is 11.3. The van der Waals surface area contributed by atoms with Crippen molar-refractivity contribution in [2.45, 2.75) is 18.6 Å². The van der Waals surface area contributed by atoms with E-state index in [2.05, 4.69) is 15.0 Å². The number of methoxy groups -OCH3 is 1. The van der Waals surface area contributed by atoms with E-state index in [9.17, 15) is 4.79 Å². The summed E-state index contributed by atoms with van der Waals surface area (Å²) in [6.07, 6.45) is 3.97. The molecule has 5 nitrogen and oxygen atoms in total. The standard InChI is InChI=1S/C11H14N2O3.2ClH/c1-15-11(14)10-5-9(7-13-10)16-8-3-2-4-12-6-8;;/h2-4,6,9-10,13H,5,7H2,1H3;2*1H/t9-,10-;;/m0../s1. The van der Waals surface area contributed by atoms with Crippen LogP contribution in [0.1, 0.15) is 6.42 Å². The quantitative estimate of drug-likeness (QED) is 0.849. The first-order chi connectivity index (χ1) is 7.79. The van der Waals surface area contributed by atoms with Gasteiger partial charge in [-0.25, -0.2) is 0 Å². The lowest BCUT2D eigenvalue weighted by Gasteiger charge is -2.11. The summed E-state index contributed by atoms with van der Waals surface area (Å²) in [6.45, 7) is 0.647. The second-order valence-corrected chi connectivity index (χ2v) is 3.65. The lowest BCUT2D eigenvalue weighted by atomic mass is 10.2. The molecular formula is C11H16Cl2N2O3. The van der Waals surface area contributed by atoms with Crippen molar-refractivity contribution in [3.8, 4) is 5.75 Å². The number of carbonyl (C=O) groups is 1. The van der Waals surface area contributed by atoms with Crippen molar-refractivity contribution < 1.29 is 14.3 Å². The molecule has 1 fully saturated rings. The second-order valence-electron chi connectivity index (χ2n) is 3.65. The van der Waals surface area contributed by atoms with Crippen molar-refractivity contribution in [1.82, 2.24) is 10.3 Å². The Morgan fingerprint density at radius 3 is 2.89 bits per heavy atom. The summed E-state index contributed by atoms with van der Waals surface area (Å²) in [5, 5.41) is 3.06. The summed E-state index contributed by atoms with van der Waals surface area (Å²) >= 11 is 0. The topological polar surface area (TPSA) is 60.5 Å². The predicted molar refractivity (Wildman–Crippen MR) is 71.6 cm³/mol. The molecule has 0 bridgehead atoms. The zero-order valence-electron chi connectivity index (χ0n) is 9.87. The molecule has 1 aromatic rings. The smallest absolute Gasteiger partial charge is 0.323 e. The van der Waals surface area contributed by atoms with Gasteiger partial charge in [-0.05, 0) is 12.1 Å². The van der Waals surface area contributed by atoms with Crippen LogP contribution in [0, 0.1) is 0 Å². The average molecular weight is 295 g/mol. The molecule has 2 heterocycles. The van der Waals surface area contributed by atoms with Gasteiger partial charge in [-0.3, -0.25) is 9.78 Å². The summed E-state index contributed by atoms with van der Waals surface area (Å²) in [5.41, 5.74) is 0. The molecule has 1 saturated heterocycles. The third-order valence-corrected chi connectivity index (χ3v) is 2.51. The molecule has 2 atom stereocenters. The fraction of sp³-hybridized carbons (Fsp3) is 0.455. The lowest BCUT2D eigenvalue weighted by molar-refractivity contribution is -0.142. The molecule has 0 aromatic carbocycles. The van der Waals surface area contributed by atoms with Crippen LogP contribution in [0.15, 0.2) is 24.5 Å². The van der Waals surface area contributed by atoms with Crippen molar-refractivity contribution in [3.05, 3.63) is 24.5 Å². The Morgan fingerprint density at radius 1 is 1.50 bits per heavy atom. The Balaban J connectivity index is 0.00000144. The minimum atomic E-state index is -0.258. The Labute approximate surface area is 118 Å². The third kappa shape index (κ3) is 4.33. The number of ether oxygens (including phenoxy) is 2. The van der Waals surface area contributed by atoms with Crippen LogP contribution in [-0.4, -0.2) is 36.8 Å². The van der Waals surface area contributed by atoms with Gasteiger partial charge in [0.25, 0.3) is 0 Å². The molecule has 1 aliphatic heterocycles. The fourth-order valence-electron chi connectivity index (χ4n) is 1.72. The van der Waals surface area contributed by atoms with Crippen LogP contribution in [0.4, 0.5) is 0 Å². The van der Waals surface area contributed by atoms with Crippen LogP contribution in [0.5, 0.6) is 5.75 Å². The molecule has 0 amide bonds. The number of hydrogen-bond donors (Lipinski definition) is 1. The fourth-order valence-corrected chi connectivity index (χ4v) is 1.72. The van der Waals surface area contributed by atoms with Gasteiger partial charge in [-0.1, -0.05) is 0 Å². The molecule has 0 radical (unpaired) electrons.